The average molecular weight is 261 g/mol. The molecule has 0 spiro atoms. The maximum atomic E-state index is 11.5. The molecule has 0 atom stereocenters. The Kier molecular flexibility index (Phi) is 4.20. The van der Waals surface area contributed by atoms with Crippen LogP contribution in [0.4, 0.5) is 0 Å². The summed E-state index contributed by atoms with van der Waals surface area (Å²) in [6.45, 7) is 4.17. The number of carbonyl (C=O) groups excluding carboxylic acids is 2. The van der Waals surface area contributed by atoms with E-state index in [0.29, 0.717) is 17.2 Å². The van der Waals surface area contributed by atoms with Crippen LogP contribution in [0.2, 0.25) is 0 Å². The summed E-state index contributed by atoms with van der Waals surface area (Å²) in [7, 11) is 0. The van der Waals surface area contributed by atoms with Gasteiger partial charge in [0.15, 0.2) is 12.4 Å². The third-order valence-corrected chi connectivity index (χ3v) is 3.23. The van der Waals surface area contributed by atoms with Gasteiger partial charge in [0.1, 0.15) is 5.75 Å². The molecule has 1 aliphatic rings. The first-order valence-corrected chi connectivity index (χ1v) is 6.57. The minimum atomic E-state index is -0.0954. The number of rotatable bonds is 6. The summed E-state index contributed by atoms with van der Waals surface area (Å²) in [5, 5.41) is 2.85. The van der Waals surface area contributed by atoms with Crippen molar-refractivity contribution in [3.8, 4) is 5.75 Å². The van der Waals surface area contributed by atoms with Gasteiger partial charge in [-0.15, -0.1) is 0 Å². The largest absolute Gasteiger partial charge is 0.484 e. The number of Topliss-reactive ketones (excluding diaryl/α,β-unsaturated/α-hetero) is 1. The van der Waals surface area contributed by atoms with Crippen molar-refractivity contribution < 1.29 is 14.3 Å². The molecule has 0 bridgehead atoms. The first-order valence-electron chi connectivity index (χ1n) is 6.57. The van der Waals surface area contributed by atoms with E-state index < -0.39 is 0 Å². The second kappa shape index (κ2) is 5.87. The summed E-state index contributed by atoms with van der Waals surface area (Å²) in [4.78, 5) is 22.8. The van der Waals surface area contributed by atoms with E-state index in [-0.39, 0.29) is 18.3 Å². The van der Waals surface area contributed by atoms with Gasteiger partial charge in [-0.05, 0) is 56.4 Å². The third kappa shape index (κ3) is 4.09. The fraction of sp³-hybridized carbons (Fsp3) is 0.467. The molecule has 0 radical (unpaired) electrons. The number of benzene rings is 1. The van der Waals surface area contributed by atoms with Gasteiger partial charge in [0.2, 0.25) is 0 Å². The molecule has 4 heteroatoms. The molecule has 1 aliphatic carbocycles. The molecule has 1 saturated carbocycles. The van der Waals surface area contributed by atoms with E-state index in [1.54, 1.807) is 18.2 Å². The molecule has 2 rings (SSSR count). The highest BCUT2D eigenvalue weighted by Gasteiger charge is 2.21. The van der Waals surface area contributed by atoms with Crippen LogP contribution in [0.5, 0.6) is 5.75 Å². The van der Waals surface area contributed by atoms with Gasteiger partial charge in [0, 0.05) is 12.1 Å². The molecule has 19 heavy (non-hydrogen) atoms. The molecule has 1 amide bonds. The van der Waals surface area contributed by atoms with Crippen LogP contribution in [0.15, 0.2) is 18.2 Å². The van der Waals surface area contributed by atoms with Crippen LogP contribution >= 0.6 is 0 Å². The Hall–Kier alpha value is -1.84. The molecule has 1 aromatic rings. The molecule has 1 fully saturated rings. The first kappa shape index (κ1) is 13.6. The summed E-state index contributed by atoms with van der Waals surface area (Å²) < 4.78 is 5.46. The van der Waals surface area contributed by atoms with E-state index >= 15 is 0 Å². The minimum absolute atomic E-state index is 0.0208. The van der Waals surface area contributed by atoms with Crippen LogP contribution in [0.1, 0.15) is 35.7 Å². The number of amides is 1. The van der Waals surface area contributed by atoms with Gasteiger partial charge < -0.3 is 10.1 Å². The van der Waals surface area contributed by atoms with E-state index in [2.05, 4.69) is 5.32 Å². The van der Waals surface area contributed by atoms with Crippen LogP contribution in [0.3, 0.4) is 0 Å². The molecule has 0 aliphatic heterocycles. The van der Waals surface area contributed by atoms with E-state index in [4.69, 9.17) is 4.74 Å². The van der Waals surface area contributed by atoms with Gasteiger partial charge in [-0.3, -0.25) is 9.59 Å². The average Bonchev–Trinajstić information content (AvgIpc) is 3.18. The fourth-order valence-electron chi connectivity index (χ4n) is 1.80. The number of hydrogen-bond donors (Lipinski definition) is 1. The summed E-state index contributed by atoms with van der Waals surface area (Å²) in [5.41, 5.74) is 1.52. The van der Waals surface area contributed by atoms with Crippen molar-refractivity contribution in [2.45, 2.75) is 26.7 Å². The SMILES string of the molecule is CC(=O)c1ccc(OCC(=O)NCC2CC2)c(C)c1. The lowest BCUT2D eigenvalue weighted by Gasteiger charge is -2.10. The summed E-state index contributed by atoms with van der Waals surface area (Å²) in [6, 6.07) is 5.23. The molecule has 4 nitrogen and oxygen atoms in total. The monoisotopic (exact) mass is 261 g/mol. The minimum Gasteiger partial charge on any atom is -0.484 e. The maximum Gasteiger partial charge on any atom is 0.257 e. The molecule has 1 N–H and O–H groups in total. The zero-order valence-corrected chi connectivity index (χ0v) is 11.4. The summed E-state index contributed by atoms with van der Waals surface area (Å²) in [5.74, 6) is 1.24. The number of carbonyl (C=O) groups is 2. The second-order valence-corrected chi connectivity index (χ2v) is 5.07. The normalized spacial score (nSPS) is 14.0. The Morgan fingerprint density at radius 3 is 2.68 bits per heavy atom. The Labute approximate surface area is 113 Å². The lowest BCUT2D eigenvalue weighted by Crippen LogP contribution is -2.30. The van der Waals surface area contributed by atoms with Gasteiger partial charge in [-0.2, -0.15) is 0 Å². The van der Waals surface area contributed by atoms with E-state index in [1.165, 1.54) is 19.8 Å². The second-order valence-electron chi connectivity index (χ2n) is 5.07. The van der Waals surface area contributed by atoms with Crippen LogP contribution in [0, 0.1) is 12.8 Å². The Morgan fingerprint density at radius 1 is 1.37 bits per heavy atom. The lowest BCUT2D eigenvalue weighted by molar-refractivity contribution is -0.123. The number of ketones is 1. The van der Waals surface area contributed by atoms with Crippen molar-refractivity contribution in [2.75, 3.05) is 13.2 Å². The van der Waals surface area contributed by atoms with Crippen LogP contribution in [-0.2, 0) is 4.79 Å². The van der Waals surface area contributed by atoms with Crippen molar-refractivity contribution in [1.82, 2.24) is 5.32 Å². The molecule has 0 aromatic heterocycles. The van der Waals surface area contributed by atoms with Crippen LogP contribution < -0.4 is 10.1 Å². The van der Waals surface area contributed by atoms with Crippen LogP contribution in [0.25, 0.3) is 0 Å². The van der Waals surface area contributed by atoms with Gasteiger partial charge in [0.25, 0.3) is 5.91 Å². The third-order valence-electron chi connectivity index (χ3n) is 3.23. The predicted molar refractivity (Wildman–Crippen MR) is 72.4 cm³/mol. The van der Waals surface area contributed by atoms with Crippen LogP contribution in [-0.4, -0.2) is 24.8 Å². The Bertz CT molecular complexity index is 492. The number of nitrogens with one attached hydrogen (secondary N) is 1. The number of hydrogen-bond acceptors (Lipinski definition) is 3. The van der Waals surface area contributed by atoms with Gasteiger partial charge in [0.05, 0.1) is 0 Å². The van der Waals surface area contributed by atoms with Crippen molar-refractivity contribution >= 4 is 11.7 Å². The van der Waals surface area contributed by atoms with Gasteiger partial charge in [-0.25, -0.2) is 0 Å². The predicted octanol–water partition coefficient (Wildman–Crippen LogP) is 2.10. The molecule has 0 saturated heterocycles. The molecule has 0 heterocycles. The number of aryl methyl sites for hydroxylation is 1. The van der Waals surface area contributed by atoms with E-state index in [1.807, 2.05) is 6.92 Å². The standard InChI is InChI=1S/C15H19NO3/c1-10-7-13(11(2)17)5-6-14(10)19-9-15(18)16-8-12-3-4-12/h5-7,12H,3-4,8-9H2,1-2H3,(H,16,18). The lowest BCUT2D eigenvalue weighted by atomic mass is 10.1. The Morgan fingerprint density at radius 2 is 2.11 bits per heavy atom. The van der Waals surface area contributed by atoms with E-state index in [0.717, 1.165) is 12.1 Å². The van der Waals surface area contributed by atoms with E-state index in [9.17, 15) is 9.59 Å². The topological polar surface area (TPSA) is 55.4 Å². The van der Waals surface area contributed by atoms with Gasteiger partial charge in [-0.1, -0.05) is 0 Å². The Balaban J connectivity index is 1.84. The first-order chi connectivity index (χ1) is 9.06. The highest BCUT2D eigenvalue weighted by atomic mass is 16.5. The highest BCUT2D eigenvalue weighted by molar-refractivity contribution is 5.94. The van der Waals surface area contributed by atoms with Crippen molar-refractivity contribution in [2.24, 2.45) is 5.92 Å². The molecular formula is C15H19NO3. The zero-order chi connectivity index (χ0) is 13.8. The quantitative estimate of drug-likeness (QED) is 0.798. The van der Waals surface area contributed by atoms with Crippen molar-refractivity contribution in [1.29, 1.82) is 0 Å². The van der Waals surface area contributed by atoms with Crippen molar-refractivity contribution in [3.63, 3.8) is 0 Å². The van der Waals surface area contributed by atoms with Crippen molar-refractivity contribution in [3.05, 3.63) is 29.3 Å². The fourth-order valence-corrected chi connectivity index (χ4v) is 1.80. The zero-order valence-electron chi connectivity index (χ0n) is 11.4. The molecular weight excluding hydrogens is 242 g/mol. The smallest absolute Gasteiger partial charge is 0.257 e. The maximum absolute atomic E-state index is 11.5. The number of ether oxygens (including phenoxy) is 1. The highest BCUT2D eigenvalue weighted by Crippen LogP contribution is 2.27. The summed E-state index contributed by atoms with van der Waals surface area (Å²) in [6.07, 6.45) is 2.43. The molecule has 102 valence electrons. The molecule has 0 unspecified atom stereocenters. The van der Waals surface area contributed by atoms with Gasteiger partial charge >= 0.3 is 0 Å². The summed E-state index contributed by atoms with van der Waals surface area (Å²) >= 11 is 0. The molecule has 1 aromatic carbocycles.